The molecule has 5 nitrogen and oxygen atoms in total. The first kappa shape index (κ1) is 17.8. The summed E-state index contributed by atoms with van der Waals surface area (Å²) in [5.74, 6) is 0.615. The molecule has 0 aliphatic carbocycles. The Morgan fingerprint density at radius 2 is 1.73 bits per heavy atom. The third kappa shape index (κ3) is 5.99. The third-order valence-electron chi connectivity index (χ3n) is 3.23. The van der Waals surface area contributed by atoms with Gasteiger partial charge in [-0.25, -0.2) is 0 Å². The molecule has 0 fully saturated rings. The molecule has 0 aliphatic rings. The largest absolute Gasteiger partial charge is 0.497 e. The minimum absolute atomic E-state index is 0.0586. The molecule has 0 saturated carbocycles. The van der Waals surface area contributed by atoms with Crippen molar-refractivity contribution in [3.63, 3.8) is 0 Å². The van der Waals surface area contributed by atoms with E-state index in [0.29, 0.717) is 19.5 Å². The molecule has 5 heteroatoms. The van der Waals surface area contributed by atoms with Crippen LogP contribution >= 0.6 is 0 Å². The SMILES string of the molecule is COc1cc(C)c(/C=C/C(=O)NCCCNC(C)=O)c(C)c1. The molecule has 22 heavy (non-hydrogen) atoms. The number of hydrogen-bond acceptors (Lipinski definition) is 3. The molecule has 0 aromatic heterocycles. The Kier molecular flexibility index (Phi) is 7.16. The highest BCUT2D eigenvalue weighted by Crippen LogP contribution is 2.22. The normalized spacial score (nSPS) is 10.5. The standard InChI is InChI=1S/C17H24N2O3/c1-12-10-15(22-4)11-13(2)16(12)6-7-17(21)19-9-5-8-18-14(3)20/h6-7,10-11H,5,8-9H2,1-4H3,(H,18,20)(H,19,21)/b7-6+. The van der Waals surface area contributed by atoms with Gasteiger partial charge in [-0.2, -0.15) is 0 Å². The van der Waals surface area contributed by atoms with Gasteiger partial charge in [0.1, 0.15) is 5.75 Å². The average Bonchev–Trinajstić information content (AvgIpc) is 2.45. The van der Waals surface area contributed by atoms with Gasteiger partial charge < -0.3 is 15.4 Å². The van der Waals surface area contributed by atoms with E-state index in [4.69, 9.17) is 4.74 Å². The number of methoxy groups -OCH3 is 1. The van der Waals surface area contributed by atoms with E-state index in [9.17, 15) is 9.59 Å². The Labute approximate surface area is 131 Å². The lowest BCUT2D eigenvalue weighted by molar-refractivity contribution is -0.119. The van der Waals surface area contributed by atoms with Crippen molar-refractivity contribution in [1.29, 1.82) is 0 Å². The maximum atomic E-state index is 11.7. The van der Waals surface area contributed by atoms with E-state index in [1.807, 2.05) is 32.1 Å². The Hall–Kier alpha value is -2.30. The van der Waals surface area contributed by atoms with Crippen molar-refractivity contribution in [3.8, 4) is 5.75 Å². The van der Waals surface area contributed by atoms with Crippen LogP contribution in [0.15, 0.2) is 18.2 Å². The molecule has 0 aliphatic heterocycles. The first-order valence-corrected chi connectivity index (χ1v) is 7.29. The Balaban J connectivity index is 2.51. The molecule has 2 amide bonds. The van der Waals surface area contributed by atoms with Crippen LogP contribution in [0.4, 0.5) is 0 Å². The molecule has 1 aromatic carbocycles. The predicted molar refractivity (Wildman–Crippen MR) is 87.8 cm³/mol. The van der Waals surface area contributed by atoms with E-state index in [-0.39, 0.29) is 11.8 Å². The second kappa shape index (κ2) is 8.87. The maximum absolute atomic E-state index is 11.7. The molecule has 1 rings (SSSR count). The average molecular weight is 304 g/mol. The van der Waals surface area contributed by atoms with Gasteiger partial charge in [0.2, 0.25) is 11.8 Å². The molecular formula is C17H24N2O3. The van der Waals surface area contributed by atoms with Crippen molar-refractivity contribution in [2.24, 2.45) is 0 Å². The molecule has 2 N–H and O–H groups in total. The number of benzene rings is 1. The van der Waals surface area contributed by atoms with E-state index in [0.717, 1.165) is 22.4 Å². The van der Waals surface area contributed by atoms with Crippen molar-refractivity contribution in [2.45, 2.75) is 27.2 Å². The summed E-state index contributed by atoms with van der Waals surface area (Å²) >= 11 is 0. The van der Waals surface area contributed by atoms with Gasteiger partial charge in [0, 0.05) is 26.1 Å². The molecule has 0 heterocycles. The molecule has 0 bridgehead atoms. The van der Waals surface area contributed by atoms with Crippen molar-refractivity contribution in [1.82, 2.24) is 10.6 Å². The fourth-order valence-electron chi connectivity index (χ4n) is 2.10. The van der Waals surface area contributed by atoms with Gasteiger partial charge in [-0.1, -0.05) is 0 Å². The number of rotatable bonds is 7. The molecule has 1 aromatic rings. The van der Waals surface area contributed by atoms with E-state index in [1.165, 1.54) is 13.0 Å². The number of aryl methyl sites for hydroxylation is 2. The van der Waals surface area contributed by atoms with Gasteiger partial charge >= 0.3 is 0 Å². The molecular weight excluding hydrogens is 280 g/mol. The third-order valence-corrected chi connectivity index (χ3v) is 3.23. The quantitative estimate of drug-likeness (QED) is 0.598. The van der Waals surface area contributed by atoms with Crippen molar-refractivity contribution in [3.05, 3.63) is 34.9 Å². The lowest BCUT2D eigenvalue weighted by Gasteiger charge is -2.09. The van der Waals surface area contributed by atoms with E-state index in [2.05, 4.69) is 10.6 Å². The predicted octanol–water partition coefficient (Wildman–Crippen LogP) is 1.97. The highest BCUT2D eigenvalue weighted by molar-refractivity contribution is 5.92. The fourth-order valence-corrected chi connectivity index (χ4v) is 2.10. The van der Waals surface area contributed by atoms with E-state index < -0.39 is 0 Å². The summed E-state index contributed by atoms with van der Waals surface area (Å²) in [5, 5.41) is 5.47. The van der Waals surface area contributed by atoms with Crippen LogP contribution in [0.5, 0.6) is 5.75 Å². The highest BCUT2D eigenvalue weighted by Gasteiger charge is 2.03. The lowest BCUT2D eigenvalue weighted by atomic mass is 10.0. The monoisotopic (exact) mass is 304 g/mol. The molecule has 0 spiro atoms. The summed E-state index contributed by atoms with van der Waals surface area (Å²) in [6, 6.07) is 3.88. The van der Waals surface area contributed by atoms with Crippen LogP contribution in [-0.4, -0.2) is 32.0 Å². The lowest BCUT2D eigenvalue weighted by Crippen LogP contribution is -2.27. The van der Waals surface area contributed by atoms with Crippen LogP contribution in [0.1, 0.15) is 30.0 Å². The van der Waals surface area contributed by atoms with Gasteiger partial charge in [-0.05, 0) is 55.2 Å². The zero-order valence-electron chi connectivity index (χ0n) is 13.7. The van der Waals surface area contributed by atoms with Crippen LogP contribution < -0.4 is 15.4 Å². The minimum atomic E-state index is -0.141. The maximum Gasteiger partial charge on any atom is 0.244 e. The topological polar surface area (TPSA) is 67.4 Å². The molecule has 0 radical (unpaired) electrons. The van der Waals surface area contributed by atoms with Crippen molar-refractivity contribution in [2.75, 3.05) is 20.2 Å². The second-order valence-corrected chi connectivity index (χ2v) is 5.14. The molecule has 0 saturated heterocycles. The number of nitrogens with one attached hydrogen (secondary N) is 2. The first-order chi connectivity index (χ1) is 10.4. The Bertz CT molecular complexity index is 542. The van der Waals surface area contributed by atoms with E-state index >= 15 is 0 Å². The number of ether oxygens (including phenoxy) is 1. The first-order valence-electron chi connectivity index (χ1n) is 7.29. The van der Waals surface area contributed by atoms with Gasteiger partial charge in [-0.15, -0.1) is 0 Å². The smallest absolute Gasteiger partial charge is 0.244 e. The Morgan fingerprint density at radius 3 is 2.27 bits per heavy atom. The summed E-state index contributed by atoms with van der Waals surface area (Å²) in [5.41, 5.74) is 3.15. The number of hydrogen-bond donors (Lipinski definition) is 2. The summed E-state index contributed by atoms with van der Waals surface area (Å²) < 4.78 is 5.22. The molecule has 0 unspecified atom stereocenters. The Morgan fingerprint density at radius 1 is 1.14 bits per heavy atom. The van der Waals surface area contributed by atoms with Gasteiger partial charge in [-0.3, -0.25) is 9.59 Å². The summed E-state index contributed by atoms with van der Waals surface area (Å²) in [4.78, 5) is 22.4. The van der Waals surface area contributed by atoms with E-state index in [1.54, 1.807) is 7.11 Å². The number of carbonyl (C=O) groups is 2. The number of carbonyl (C=O) groups excluding carboxylic acids is 2. The minimum Gasteiger partial charge on any atom is -0.497 e. The fraction of sp³-hybridized carbons (Fsp3) is 0.412. The zero-order chi connectivity index (χ0) is 16.5. The zero-order valence-corrected chi connectivity index (χ0v) is 13.7. The van der Waals surface area contributed by atoms with Crippen LogP contribution in [-0.2, 0) is 9.59 Å². The van der Waals surface area contributed by atoms with Crippen molar-refractivity contribution < 1.29 is 14.3 Å². The van der Waals surface area contributed by atoms with Crippen LogP contribution in [0.25, 0.3) is 6.08 Å². The van der Waals surface area contributed by atoms with Crippen molar-refractivity contribution >= 4 is 17.9 Å². The molecule has 120 valence electrons. The second-order valence-electron chi connectivity index (χ2n) is 5.14. The summed E-state index contributed by atoms with van der Waals surface area (Å²) in [7, 11) is 1.64. The van der Waals surface area contributed by atoms with Gasteiger partial charge in [0.05, 0.1) is 7.11 Å². The van der Waals surface area contributed by atoms with Crippen LogP contribution in [0, 0.1) is 13.8 Å². The van der Waals surface area contributed by atoms with Gasteiger partial charge in [0.25, 0.3) is 0 Å². The van der Waals surface area contributed by atoms with Crippen LogP contribution in [0.2, 0.25) is 0 Å². The highest BCUT2D eigenvalue weighted by atomic mass is 16.5. The summed E-state index contributed by atoms with van der Waals surface area (Å²) in [6.07, 6.45) is 4.05. The molecule has 0 atom stereocenters. The van der Waals surface area contributed by atoms with Crippen LogP contribution in [0.3, 0.4) is 0 Å². The number of amides is 2. The van der Waals surface area contributed by atoms with Gasteiger partial charge in [0.15, 0.2) is 0 Å². The summed E-state index contributed by atoms with van der Waals surface area (Å²) in [6.45, 7) is 6.54.